The van der Waals surface area contributed by atoms with Crippen molar-refractivity contribution in [1.82, 2.24) is 4.72 Å². The number of esters is 1. The van der Waals surface area contributed by atoms with Crippen LogP contribution in [0.4, 0.5) is 0 Å². The van der Waals surface area contributed by atoms with Crippen molar-refractivity contribution in [3.63, 3.8) is 0 Å². The molecule has 1 atom stereocenters. The third-order valence-electron chi connectivity index (χ3n) is 3.73. The number of nitriles is 1. The summed E-state index contributed by atoms with van der Waals surface area (Å²) in [7, 11) is -2.72. The zero-order valence-corrected chi connectivity index (χ0v) is 15.4. The number of nitrogens with zero attached hydrogens (tertiary/aromatic N) is 1. The molecule has 1 N–H and O–H groups in total. The number of hydrogen-bond donors (Lipinski definition) is 1. The fraction of sp³-hybridized carbons (Fsp3) is 0.100. The fourth-order valence-corrected chi connectivity index (χ4v) is 3.64. The summed E-state index contributed by atoms with van der Waals surface area (Å²) in [6, 6.07) is 15.0. The molecular formula is C20H18N2O4S. The van der Waals surface area contributed by atoms with Gasteiger partial charge in [0.25, 0.3) is 0 Å². The Balaban J connectivity index is 2.55. The summed E-state index contributed by atoms with van der Waals surface area (Å²) in [5.41, 5.74) is 0.958. The summed E-state index contributed by atoms with van der Waals surface area (Å²) < 4.78 is 32.9. The molecule has 0 aliphatic rings. The lowest BCUT2D eigenvalue weighted by molar-refractivity contribution is -0.136. The van der Waals surface area contributed by atoms with Crippen molar-refractivity contribution in [2.75, 3.05) is 7.11 Å². The molecule has 7 heteroatoms. The third-order valence-corrected chi connectivity index (χ3v) is 5.17. The number of carbonyl (C=O) groups excluding carboxylic acids is 1. The summed E-state index contributed by atoms with van der Waals surface area (Å²) in [4.78, 5) is 12.3. The van der Waals surface area contributed by atoms with Crippen molar-refractivity contribution in [2.45, 2.75) is 10.9 Å². The maximum absolute atomic E-state index is 12.8. The molecule has 1 unspecified atom stereocenters. The monoisotopic (exact) mass is 382 g/mol. The SMILES string of the molecule is C=C/C=C(\C(=O)OC)C(NS(=O)(=O)c1ccccc1)c1ccc(C#N)cc1. The van der Waals surface area contributed by atoms with Crippen molar-refractivity contribution in [1.29, 1.82) is 5.26 Å². The summed E-state index contributed by atoms with van der Waals surface area (Å²) in [6.45, 7) is 3.57. The van der Waals surface area contributed by atoms with Crippen molar-refractivity contribution < 1.29 is 17.9 Å². The molecule has 0 heterocycles. The van der Waals surface area contributed by atoms with Crippen molar-refractivity contribution in [2.24, 2.45) is 0 Å². The normalized spacial score (nSPS) is 12.7. The second-order valence-corrected chi connectivity index (χ2v) is 7.16. The second kappa shape index (κ2) is 8.94. The van der Waals surface area contributed by atoms with E-state index in [0.717, 1.165) is 0 Å². The molecule has 138 valence electrons. The van der Waals surface area contributed by atoms with E-state index in [2.05, 4.69) is 11.3 Å². The lowest BCUT2D eigenvalue weighted by Gasteiger charge is -2.21. The van der Waals surface area contributed by atoms with Gasteiger partial charge in [-0.15, -0.1) is 0 Å². The molecule has 2 rings (SSSR count). The number of benzene rings is 2. The van der Waals surface area contributed by atoms with Gasteiger partial charge in [-0.25, -0.2) is 13.2 Å². The van der Waals surface area contributed by atoms with Gasteiger partial charge >= 0.3 is 5.97 Å². The Labute approximate surface area is 158 Å². The van der Waals surface area contributed by atoms with Gasteiger partial charge in [-0.2, -0.15) is 9.98 Å². The molecule has 0 fully saturated rings. The smallest absolute Gasteiger partial charge is 0.335 e. The van der Waals surface area contributed by atoms with E-state index >= 15 is 0 Å². The van der Waals surface area contributed by atoms with Crippen LogP contribution in [0.2, 0.25) is 0 Å². The lowest BCUT2D eigenvalue weighted by Crippen LogP contribution is -2.32. The van der Waals surface area contributed by atoms with Gasteiger partial charge in [-0.1, -0.05) is 49.1 Å². The molecule has 0 amide bonds. The van der Waals surface area contributed by atoms with Gasteiger partial charge in [-0.3, -0.25) is 0 Å². The molecule has 2 aromatic rings. The van der Waals surface area contributed by atoms with Gasteiger partial charge in [0.1, 0.15) is 0 Å². The van der Waals surface area contributed by atoms with E-state index in [4.69, 9.17) is 10.00 Å². The first-order valence-corrected chi connectivity index (χ1v) is 9.39. The first-order valence-electron chi connectivity index (χ1n) is 7.91. The topological polar surface area (TPSA) is 96.3 Å². The molecule has 0 aliphatic heterocycles. The number of allylic oxidation sites excluding steroid dienone is 2. The van der Waals surface area contributed by atoms with Crippen LogP contribution in [0, 0.1) is 11.3 Å². The number of nitrogens with one attached hydrogen (secondary N) is 1. The average molecular weight is 382 g/mol. The van der Waals surface area contributed by atoms with Gasteiger partial charge in [0, 0.05) is 0 Å². The highest BCUT2D eigenvalue weighted by molar-refractivity contribution is 7.89. The van der Waals surface area contributed by atoms with Gasteiger partial charge in [0.05, 0.1) is 35.3 Å². The standard InChI is InChI=1S/C20H18N2O4S/c1-3-7-18(20(23)26-2)19(16-12-10-15(14-21)11-13-16)22-27(24,25)17-8-5-4-6-9-17/h3-13,19,22H,1H2,2H3/b18-7-. The van der Waals surface area contributed by atoms with Crippen LogP contribution in [-0.4, -0.2) is 21.5 Å². The van der Waals surface area contributed by atoms with Crippen molar-refractivity contribution >= 4 is 16.0 Å². The molecule has 0 aromatic heterocycles. The minimum atomic E-state index is -3.93. The molecule has 0 saturated carbocycles. The zero-order valence-electron chi connectivity index (χ0n) is 14.6. The van der Waals surface area contributed by atoms with E-state index in [-0.39, 0.29) is 10.5 Å². The van der Waals surface area contributed by atoms with Crippen LogP contribution in [0.15, 0.2) is 83.8 Å². The molecule has 0 spiro atoms. The predicted molar refractivity (Wildman–Crippen MR) is 101 cm³/mol. The Kier molecular flexibility index (Phi) is 6.66. The third kappa shape index (κ3) is 4.91. The van der Waals surface area contributed by atoms with Crippen molar-refractivity contribution in [3.05, 3.63) is 90.0 Å². The molecule has 6 nitrogen and oxygen atoms in total. The maximum Gasteiger partial charge on any atom is 0.335 e. The molecule has 0 radical (unpaired) electrons. The quantitative estimate of drug-likeness (QED) is 0.451. The Morgan fingerprint density at radius 3 is 2.33 bits per heavy atom. The molecule has 0 saturated heterocycles. The van der Waals surface area contributed by atoms with E-state index in [0.29, 0.717) is 11.1 Å². The summed E-state index contributed by atoms with van der Waals surface area (Å²) in [5, 5.41) is 8.96. The number of sulfonamides is 1. The Morgan fingerprint density at radius 1 is 1.19 bits per heavy atom. The number of methoxy groups -OCH3 is 1. The van der Waals surface area contributed by atoms with Crippen LogP contribution in [0.5, 0.6) is 0 Å². The fourth-order valence-electron chi connectivity index (χ4n) is 2.41. The second-order valence-electron chi connectivity index (χ2n) is 5.45. The minimum absolute atomic E-state index is 0.0615. The highest BCUT2D eigenvalue weighted by Gasteiger charge is 2.28. The number of rotatable bonds is 7. The highest BCUT2D eigenvalue weighted by Crippen LogP contribution is 2.26. The first kappa shape index (κ1) is 20.1. The molecular weight excluding hydrogens is 364 g/mol. The average Bonchev–Trinajstić information content (AvgIpc) is 2.70. The van der Waals surface area contributed by atoms with Crippen LogP contribution in [0.25, 0.3) is 0 Å². The van der Waals surface area contributed by atoms with Crippen LogP contribution in [-0.2, 0) is 19.6 Å². The summed E-state index contributed by atoms with van der Waals surface area (Å²) in [6.07, 6.45) is 2.77. The van der Waals surface area contributed by atoms with E-state index in [9.17, 15) is 13.2 Å². The van der Waals surface area contributed by atoms with Gasteiger partial charge in [0.15, 0.2) is 0 Å². The van der Waals surface area contributed by atoms with E-state index in [1.165, 1.54) is 31.4 Å². The largest absolute Gasteiger partial charge is 0.466 e. The molecule has 27 heavy (non-hydrogen) atoms. The molecule has 0 aliphatic carbocycles. The number of ether oxygens (including phenoxy) is 1. The Bertz CT molecular complexity index is 989. The number of carbonyl (C=O) groups is 1. The van der Waals surface area contributed by atoms with E-state index < -0.39 is 22.0 Å². The Morgan fingerprint density at radius 2 is 1.81 bits per heavy atom. The summed E-state index contributed by atoms with van der Waals surface area (Å²) >= 11 is 0. The summed E-state index contributed by atoms with van der Waals surface area (Å²) in [5.74, 6) is -0.694. The van der Waals surface area contributed by atoms with Gasteiger partial charge < -0.3 is 4.74 Å². The van der Waals surface area contributed by atoms with E-state index in [1.807, 2.05) is 6.07 Å². The van der Waals surface area contributed by atoms with Crippen molar-refractivity contribution in [3.8, 4) is 6.07 Å². The van der Waals surface area contributed by atoms with E-state index in [1.54, 1.807) is 42.5 Å². The first-order chi connectivity index (χ1) is 12.9. The van der Waals surface area contributed by atoms with Gasteiger partial charge in [0.2, 0.25) is 10.0 Å². The predicted octanol–water partition coefficient (Wildman–Crippen LogP) is 2.86. The van der Waals surface area contributed by atoms with Crippen LogP contribution >= 0.6 is 0 Å². The highest BCUT2D eigenvalue weighted by atomic mass is 32.2. The number of hydrogen-bond acceptors (Lipinski definition) is 5. The minimum Gasteiger partial charge on any atom is -0.466 e. The van der Waals surface area contributed by atoms with Crippen LogP contribution in [0.1, 0.15) is 17.2 Å². The zero-order chi connectivity index (χ0) is 19.9. The maximum atomic E-state index is 12.8. The van der Waals surface area contributed by atoms with Gasteiger partial charge in [-0.05, 0) is 29.8 Å². The van der Waals surface area contributed by atoms with Crippen LogP contribution < -0.4 is 4.72 Å². The molecule has 2 aromatic carbocycles. The Hall–Kier alpha value is -3.21. The van der Waals surface area contributed by atoms with Crippen LogP contribution in [0.3, 0.4) is 0 Å². The molecule has 0 bridgehead atoms. The lowest BCUT2D eigenvalue weighted by atomic mass is 9.98.